The van der Waals surface area contributed by atoms with Gasteiger partial charge in [-0.05, 0) is 33.6 Å². The van der Waals surface area contributed by atoms with Crippen LogP contribution in [-0.4, -0.2) is 42.1 Å². The molecule has 96 valence electrons. The number of nitrogens with zero attached hydrogens (tertiary/aromatic N) is 1. The molecule has 1 saturated heterocycles. The summed E-state index contributed by atoms with van der Waals surface area (Å²) >= 11 is 0. The number of carbonyl (C=O) groups is 1. The zero-order valence-corrected chi connectivity index (χ0v) is 11.1. The van der Waals surface area contributed by atoms with Gasteiger partial charge in [0, 0.05) is 19.1 Å². The van der Waals surface area contributed by atoms with Crippen LogP contribution in [0.1, 0.15) is 33.6 Å². The second-order valence-electron chi connectivity index (χ2n) is 4.28. The van der Waals surface area contributed by atoms with Crippen LogP contribution < -0.4 is 5.73 Å². The standard InChI is InChI=1S/C11H22N2O2.ClH/c1-4-13(8(2)3)11(14)10-6-5-9(7-12)15-10;/h8-10H,4-7,12H2,1-3H3;1H/t9-,10+;/m1./s1. The van der Waals surface area contributed by atoms with Crippen LogP contribution in [0.4, 0.5) is 0 Å². The highest BCUT2D eigenvalue weighted by atomic mass is 35.5. The summed E-state index contributed by atoms with van der Waals surface area (Å²) in [5.41, 5.74) is 5.51. The molecule has 0 aromatic heterocycles. The van der Waals surface area contributed by atoms with E-state index in [1.54, 1.807) is 0 Å². The number of nitrogens with two attached hydrogens (primary N) is 1. The highest BCUT2D eigenvalue weighted by Gasteiger charge is 2.33. The Morgan fingerprint density at radius 2 is 2.12 bits per heavy atom. The number of hydrogen-bond acceptors (Lipinski definition) is 3. The van der Waals surface area contributed by atoms with Gasteiger partial charge in [-0.1, -0.05) is 0 Å². The first-order valence-electron chi connectivity index (χ1n) is 5.76. The molecule has 1 fully saturated rings. The van der Waals surface area contributed by atoms with Gasteiger partial charge in [0.1, 0.15) is 6.10 Å². The second-order valence-corrected chi connectivity index (χ2v) is 4.28. The summed E-state index contributed by atoms with van der Waals surface area (Å²) in [6.45, 7) is 7.29. The lowest BCUT2D eigenvalue weighted by atomic mass is 10.1. The number of hydrogen-bond donors (Lipinski definition) is 1. The van der Waals surface area contributed by atoms with E-state index >= 15 is 0 Å². The van der Waals surface area contributed by atoms with E-state index in [1.165, 1.54) is 0 Å². The van der Waals surface area contributed by atoms with Crippen molar-refractivity contribution in [1.82, 2.24) is 4.90 Å². The van der Waals surface area contributed by atoms with Crippen molar-refractivity contribution in [3.8, 4) is 0 Å². The summed E-state index contributed by atoms with van der Waals surface area (Å²) in [5.74, 6) is 0.114. The first-order valence-corrected chi connectivity index (χ1v) is 5.76. The van der Waals surface area contributed by atoms with Crippen LogP contribution in [0, 0.1) is 0 Å². The third kappa shape index (κ3) is 3.61. The molecule has 1 rings (SSSR count). The predicted molar refractivity (Wildman–Crippen MR) is 66.7 cm³/mol. The summed E-state index contributed by atoms with van der Waals surface area (Å²) < 4.78 is 5.59. The van der Waals surface area contributed by atoms with E-state index < -0.39 is 0 Å². The van der Waals surface area contributed by atoms with Crippen molar-refractivity contribution < 1.29 is 9.53 Å². The highest BCUT2D eigenvalue weighted by molar-refractivity contribution is 5.85. The lowest BCUT2D eigenvalue weighted by molar-refractivity contribution is -0.144. The molecule has 1 aliphatic rings. The van der Waals surface area contributed by atoms with E-state index in [9.17, 15) is 4.79 Å². The first kappa shape index (κ1) is 15.7. The average molecular weight is 251 g/mol. The maximum atomic E-state index is 12.0. The fourth-order valence-corrected chi connectivity index (χ4v) is 2.02. The third-order valence-electron chi connectivity index (χ3n) is 2.89. The second kappa shape index (κ2) is 7.09. The summed E-state index contributed by atoms with van der Waals surface area (Å²) in [7, 11) is 0. The van der Waals surface area contributed by atoms with Crippen LogP contribution >= 0.6 is 12.4 Å². The molecule has 2 N–H and O–H groups in total. The van der Waals surface area contributed by atoms with Crippen molar-refractivity contribution in [3.63, 3.8) is 0 Å². The first-order chi connectivity index (χ1) is 7.10. The molecule has 0 aromatic carbocycles. The molecule has 5 heteroatoms. The SMILES string of the molecule is CCN(C(=O)[C@@H]1CC[C@H](CN)O1)C(C)C.Cl. The summed E-state index contributed by atoms with van der Waals surface area (Å²) in [5, 5.41) is 0. The number of likely N-dealkylation sites (N-methyl/N-ethyl adjacent to an activating group) is 1. The minimum absolute atomic E-state index is 0. The molecule has 4 nitrogen and oxygen atoms in total. The van der Waals surface area contributed by atoms with Crippen LogP contribution in [0.15, 0.2) is 0 Å². The number of rotatable bonds is 4. The fourth-order valence-electron chi connectivity index (χ4n) is 2.02. The lowest BCUT2D eigenvalue weighted by Gasteiger charge is -2.27. The normalized spacial score (nSPS) is 24.3. The Morgan fingerprint density at radius 1 is 1.50 bits per heavy atom. The van der Waals surface area contributed by atoms with E-state index in [-0.39, 0.29) is 36.6 Å². The number of halogens is 1. The molecule has 1 aliphatic heterocycles. The van der Waals surface area contributed by atoms with Crippen LogP contribution in [-0.2, 0) is 9.53 Å². The Bertz CT molecular complexity index is 224. The lowest BCUT2D eigenvalue weighted by Crippen LogP contribution is -2.43. The largest absolute Gasteiger partial charge is 0.364 e. The van der Waals surface area contributed by atoms with Crippen molar-refractivity contribution in [2.45, 2.75) is 51.9 Å². The van der Waals surface area contributed by atoms with E-state index in [0.717, 1.165) is 19.4 Å². The van der Waals surface area contributed by atoms with Gasteiger partial charge in [0.2, 0.25) is 0 Å². The van der Waals surface area contributed by atoms with Gasteiger partial charge in [0.15, 0.2) is 0 Å². The van der Waals surface area contributed by atoms with Crippen LogP contribution in [0.3, 0.4) is 0 Å². The molecule has 1 amide bonds. The fraction of sp³-hybridized carbons (Fsp3) is 0.909. The summed E-state index contributed by atoms with van der Waals surface area (Å²) in [4.78, 5) is 13.9. The topological polar surface area (TPSA) is 55.6 Å². The van der Waals surface area contributed by atoms with Gasteiger partial charge in [0.25, 0.3) is 5.91 Å². The van der Waals surface area contributed by atoms with E-state index in [4.69, 9.17) is 10.5 Å². The van der Waals surface area contributed by atoms with E-state index in [2.05, 4.69) is 0 Å². The van der Waals surface area contributed by atoms with Crippen molar-refractivity contribution in [2.75, 3.05) is 13.1 Å². The molecule has 0 spiro atoms. The Balaban J connectivity index is 0.00000225. The zero-order valence-electron chi connectivity index (χ0n) is 10.3. The van der Waals surface area contributed by atoms with Crippen molar-refractivity contribution >= 4 is 18.3 Å². The van der Waals surface area contributed by atoms with Gasteiger partial charge in [-0.3, -0.25) is 4.79 Å². The van der Waals surface area contributed by atoms with Crippen LogP contribution in [0.5, 0.6) is 0 Å². The molecule has 0 saturated carbocycles. The minimum atomic E-state index is -0.263. The van der Waals surface area contributed by atoms with Gasteiger partial charge in [0.05, 0.1) is 6.10 Å². The third-order valence-corrected chi connectivity index (χ3v) is 2.89. The highest BCUT2D eigenvalue weighted by Crippen LogP contribution is 2.21. The van der Waals surface area contributed by atoms with E-state index in [1.807, 2.05) is 25.7 Å². The molecular weight excluding hydrogens is 228 g/mol. The van der Waals surface area contributed by atoms with Gasteiger partial charge < -0.3 is 15.4 Å². The number of ether oxygens (including phenoxy) is 1. The van der Waals surface area contributed by atoms with Crippen LogP contribution in [0.25, 0.3) is 0 Å². The number of carbonyl (C=O) groups excluding carboxylic acids is 1. The number of amides is 1. The minimum Gasteiger partial charge on any atom is -0.364 e. The zero-order chi connectivity index (χ0) is 11.4. The van der Waals surface area contributed by atoms with Gasteiger partial charge >= 0.3 is 0 Å². The monoisotopic (exact) mass is 250 g/mol. The van der Waals surface area contributed by atoms with Gasteiger partial charge in [-0.15, -0.1) is 12.4 Å². The van der Waals surface area contributed by atoms with Crippen molar-refractivity contribution in [2.24, 2.45) is 5.73 Å². The van der Waals surface area contributed by atoms with Crippen molar-refractivity contribution in [3.05, 3.63) is 0 Å². The molecule has 0 unspecified atom stereocenters. The molecule has 0 radical (unpaired) electrons. The Hall–Kier alpha value is -0.320. The quantitative estimate of drug-likeness (QED) is 0.815. The predicted octanol–water partition coefficient (Wildman–Crippen LogP) is 1.17. The summed E-state index contributed by atoms with van der Waals surface area (Å²) in [6, 6.07) is 0.239. The maximum Gasteiger partial charge on any atom is 0.251 e. The molecule has 0 aliphatic carbocycles. The molecule has 2 atom stereocenters. The Kier molecular flexibility index (Phi) is 6.95. The molecule has 0 bridgehead atoms. The molecule has 0 aromatic rings. The van der Waals surface area contributed by atoms with Crippen molar-refractivity contribution in [1.29, 1.82) is 0 Å². The maximum absolute atomic E-state index is 12.0. The molecular formula is C11H23ClN2O2. The smallest absolute Gasteiger partial charge is 0.251 e. The molecule has 1 heterocycles. The van der Waals surface area contributed by atoms with Crippen LogP contribution in [0.2, 0.25) is 0 Å². The van der Waals surface area contributed by atoms with Gasteiger partial charge in [-0.2, -0.15) is 0 Å². The Morgan fingerprint density at radius 3 is 2.50 bits per heavy atom. The summed E-state index contributed by atoms with van der Waals surface area (Å²) in [6.07, 6.45) is 1.53. The molecule has 16 heavy (non-hydrogen) atoms. The van der Waals surface area contributed by atoms with E-state index in [0.29, 0.717) is 6.54 Å². The van der Waals surface area contributed by atoms with Gasteiger partial charge in [-0.25, -0.2) is 0 Å². The average Bonchev–Trinajstić information content (AvgIpc) is 2.66. The Labute approximate surface area is 104 Å².